The van der Waals surface area contributed by atoms with Gasteiger partial charge in [-0.1, -0.05) is 11.6 Å². The summed E-state index contributed by atoms with van der Waals surface area (Å²) in [6.07, 6.45) is -3.85. The van der Waals surface area contributed by atoms with Crippen LogP contribution in [0.5, 0.6) is 0 Å². The molecule has 0 atom stereocenters. The van der Waals surface area contributed by atoms with E-state index in [4.69, 9.17) is 16.3 Å². The van der Waals surface area contributed by atoms with Crippen molar-refractivity contribution in [2.24, 2.45) is 0 Å². The van der Waals surface area contributed by atoms with Crippen molar-refractivity contribution < 1.29 is 22.3 Å². The fourth-order valence-corrected chi connectivity index (χ4v) is 1.30. The van der Waals surface area contributed by atoms with Crippen LogP contribution in [0.2, 0.25) is 5.02 Å². The normalized spacial score (nSPS) is 12.1. The number of nitrogens with zero attached hydrogens (tertiary/aromatic N) is 2. The second-order valence-corrected chi connectivity index (χ2v) is 3.70. The van der Waals surface area contributed by atoms with Crippen LogP contribution in [0.25, 0.3) is 0 Å². The van der Waals surface area contributed by atoms with Gasteiger partial charge < -0.3 is 4.74 Å². The number of hydrogen-bond acceptors (Lipinski definition) is 2. The zero-order chi connectivity index (χ0) is 12.9. The first-order valence-corrected chi connectivity index (χ1v) is 5.22. The standard InChI is InChI=1S/C9H11ClF4N2O/c10-7-5-16(3-2-11)15-8(7)6-17-4-1-9(12,13)14/h5H,1-4,6H2. The highest BCUT2D eigenvalue weighted by Crippen LogP contribution is 2.20. The summed E-state index contributed by atoms with van der Waals surface area (Å²) in [5.41, 5.74) is 0.308. The summed E-state index contributed by atoms with van der Waals surface area (Å²) in [6.45, 7) is -1.10. The molecular formula is C9H11ClF4N2O. The van der Waals surface area contributed by atoms with Gasteiger partial charge in [0.2, 0.25) is 0 Å². The molecule has 8 heteroatoms. The molecule has 0 aliphatic rings. The predicted molar refractivity (Wildman–Crippen MR) is 53.5 cm³/mol. The van der Waals surface area contributed by atoms with E-state index in [2.05, 4.69) is 5.10 Å². The maximum absolute atomic E-state index is 12.0. The highest BCUT2D eigenvalue weighted by molar-refractivity contribution is 6.31. The van der Waals surface area contributed by atoms with Crippen LogP contribution in [-0.2, 0) is 17.9 Å². The van der Waals surface area contributed by atoms with Gasteiger partial charge in [-0.05, 0) is 0 Å². The summed E-state index contributed by atoms with van der Waals surface area (Å²) < 4.78 is 53.5. The van der Waals surface area contributed by atoms with Crippen LogP contribution in [0.4, 0.5) is 17.6 Å². The fraction of sp³-hybridized carbons (Fsp3) is 0.667. The average Bonchev–Trinajstić information content (AvgIpc) is 2.53. The molecule has 0 unspecified atom stereocenters. The second kappa shape index (κ2) is 6.20. The van der Waals surface area contributed by atoms with Gasteiger partial charge in [0.15, 0.2) is 0 Å². The first kappa shape index (κ1) is 14.2. The van der Waals surface area contributed by atoms with Gasteiger partial charge in [-0.15, -0.1) is 0 Å². The van der Waals surface area contributed by atoms with Gasteiger partial charge >= 0.3 is 6.18 Å². The molecule has 1 aromatic rings. The summed E-state index contributed by atoms with van der Waals surface area (Å²) in [5.74, 6) is 0. The molecule has 98 valence electrons. The van der Waals surface area contributed by atoms with E-state index < -0.39 is 25.9 Å². The molecule has 0 spiro atoms. The van der Waals surface area contributed by atoms with Gasteiger partial charge in [0.25, 0.3) is 0 Å². The minimum absolute atomic E-state index is 0.0578. The molecular weight excluding hydrogens is 264 g/mol. The van der Waals surface area contributed by atoms with Crippen LogP contribution in [0.1, 0.15) is 12.1 Å². The summed E-state index contributed by atoms with van der Waals surface area (Å²) >= 11 is 5.74. The Morgan fingerprint density at radius 1 is 1.41 bits per heavy atom. The molecule has 0 N–H and O–H groups in total. The first-order valence-electron chi connectivity index (χ1n) is 4.84. The first-order chi connectivity index (χ1) is 7.92. The molecule has 0 aromatic carbocycles. The smallest absolute Gasteiger partial charge is 0.375 e. The molecule has 0 radical (unpaired) electrons. The highest BCUT2D eigenvalue weighted by Gasteiger charge is 2.26. The van der Waals surface area contributed by atoms with E-state index in [-0.39, 0.29) is 18.2 Å². The third-order valence-corrected chi connectivity index (χ3v) is 2.19. The van der Waals surface area contributed by atoms with Crippen molar-refractivity contribution in [2.75, 3.05) is 13.3 Å². The number of halogens is 5. The lowest BCUT2D eigenvalue weighted by Gasteiger charge is -2.06. The van der Waals surface area contributed by atoms with Crippen LogP contribution in [0, 0.1) is 0 Å². The van der Waals surface area contributed by atoms with E-state index in [1.165, 1.54) is 10.9 Å². The lowest BCUT2D eigenvalue weighted by atomic mass is 10.4. The van der Waals surface area contributed by atoms with Crippen molar-refractivity contribution in [2.45, 2.75) is 25.7 Å². The molecule has 0 fully saturated rings. The predicted octanol–water partition coefficient (Wildman–Crippen LogP) is 2.98. The minimum atomic E-state index is -4.24. The van der Waals surface area contributed by atoms with Crippen LogP contribution in [-0.4, -0.2) is 29.2 Å². The van der Waals surface area contributed by atoms with Crippen LogP contribution < -0.4 is 0 Å². The van der Waals surface area contributed by atoms with E-state index in [1.54, 1.807) is 0 Å². The van der Waals surface area contributed by atoms with Crippen LogP contribution in [0.15, 0.2) is 6.20 Å². The number of alkyl halides is 4. The number of aryl methyl sites for hydroxylation is 1. The average molecular weight is 275 g/mol. The lowest BCUT2D eigenvalue weighted by Crippen LogP contribution is -2.11. The Kier molecular flexibility index (Phi) is 5.20. The van der Waals surface area contributed by atoms with Crippen molar-refractivity contribution in [3.05, 3.63) is 16.9 Å². The van der Waals surface area contributed by atoms with E-state index >= 15 is 0 Å². The summed E-state index contributed by atoms with van der Waals surface area (Å²) in [5, 5.41) is 4.13. The van der Waals surface area contributed by atoms with Crippen molar-refractivity contribution in [1.29, 1.82) is 0 Å². The molecule has 3 nitrogen and oxygen atoms in total. The molecule has 0 saturated carbocycles. The highest BCUT2D eigenvalue weighted by atomic mass is 35.5. The van der Waals surface area contributed by atoms with Crippen LogP contribution in [0.3, 0.4) is 0 Å². The number of ether oxygens (including phenoxy) is 1. The Morgan fingerprint density at radius 3 is 2.71 bits per heavy atom. The Morgan fingerprint density at radius 2 is 2.12 bits per heavy atom. The largest absolute Gasteiger partial charge is 0.391 e. The number of hydrogen-bond donors (Lipinski definition) is 0. The Hall–Kier alpha value is -0.820. The van der Waals surface area contributed by atoms with Gasteiger partial charge in [0.1, 0.15) is 12.4 Å². The number of aromatic nitrogens is 2. The zero-order valence-corrected chi connectivity index (χ0v) is 9.56. The van der Waals surface area contributed by atoms with Gasteiger partial charge in [-0.2, -0.15) is 18.3 Å². The third kappa shape index (κ3) is 5.36. The summed E-state index contributed by atoms with van der Waals surface area (Å²) in [7, 11) is 0. The third-order valence-electron chi connectivity index (χ3n) is 1.87. The van der Waals surface area contributed by atoms with E-state index in [0.717, 1.165) is 0 Å². The maximum Gasteiger partial charge on any atom is 0.391 e. The molecule has 1 rings (SSSR count). The molecule has 17 heavy (non-hydrogen) atoms. The van der Waals surface area contributed by atoms with Crippen molar-refractivity contribution in [3.8, 4) is 0 Å². The van der Waals surface area contributed by atoms with Gasteiger partial charge in [0, 0.05) is 6.20 Å². The van der Waals surface area contributed by atoms with Crippen molar-refractivity contribution in [3.63, 3.8) is 0 Å². The molecule has 0 saturated heterocycles. The molecule has 1 heterocycles. The lowest BCUT2D eigenvalue weighted by molar-refractivity contribution is -0.146. The van der Waals surface area contributed by atoms with E-state index in [1.807, 2.05) is 0 Å². The van der Waals surface area contributed by atoms with Gasteiger partial charge in [0.05, 0.1) is 31.2 Å². The van der Waals surface area contributed by atoms with E-state index in [9.17, 15) is 17.6 Å². The molecule has 0 amide bonds. The SMILES string of the molecule is FCCn1cc(Cl)c(COCCC(F)(F)F)n1. The minimum Gasteiger partial charge on any atom is -0.375 e. The molecule has 0 bridgehead atoms. The second-order valence-electron chi connectivity index (χ2n) is 3.29. The molecule has 0 aliphatic heterocycles. The monoisotopic (exact) mass is 274 g/mol. The summed E-state index contributed by atoms with van der Waals surface area (Å²) in [6, 6.07) is 0. The fourth-order valence-electron chi connectivity index (χ4n) is 1.09. The van der Waals surface area contributed by atoms with Crippen molar-refractivity contribution in [1.82, 2.24) is 9.78 Å². The Labute approximate surface area is 100 Å². The molecule has 0 aliphatic carbocycles. The summed E-state index contributed by atoms with van der Waals surface area (Å²) in [4.78, 5) is 0. The topological polar surface area (TPSA) is 27.1 Å². The van der Waals surface area contributed by atoms with Crippen LogP contribution >= 0.6 is 11.6 Å². The zero-order valence-electron chi connectivity index (χ0n) is 8.81. The van der Waals surface area contributed by atoms with Gasteiger partial charge in [-0.25, -0.2) is 4.39 Å². The van der Waals surface area contributed by atoms with E-state index in [0.29, 0.717) is 5.69 Å². The number of rotatable bonds is 6. The Balaban J connectivity index is 2.36. The van der Waals surface area contributed by atoms with Crippen molar-refractivity contribution >= 4 is 11.6 Å². The maximum atomic E-state index is 12.0. The van der Waals surface area contributed by atoms with Gasteiger partial charge in [-0.3, -0.25) is 4.68 Å². The Bertz CT molecular complexity index is 353. The molecule has 1 aromatic heterocycles. The quantitative estimate of drug-likeness (QED) is 0.589.